The molecule has 1 aliphatic rings. The van der Waals surface area contributed by atoms with Crippen molar-refractivity contribution in [3.63, 3.8) is 0 Å². The zero-order valence-corrected chi connectivity index (χ0v) is 19.3. The number of benzene rings is 2. The molecule has 2 aromatic carbocycles. The molecule has 0 aromatic heterocycles. The van der Waals surface area contributed by atoms with Gasteiger partial charge >= 0.3 is 5.97 Å². The molecule has 1 amide bonds. The summed E-state index contributed by atoms with van der Waals surface area (Å²) in [6.45, 7) is 8.38. The van der Waals surface area contributed by atoms with Crippen molar-refractivity contribution in [3.05, 3.63) is 59.2 Å². The number of aryl methyl sites for hydroxylation is 2. The predicted octanol–water partition coefficient (Wildman–Crippen LogP) is 4.80. The molecule has 30 heavy (non-hydrogen) atoms. The Kier molecular flexibility index (Phi) is 6.52. The lowest BCUT2D eigenvalue weighted by molar-refractivity contribution is -0.141. The maximum atomic E-state index is 13.3. The third-order valence-corrected chi connectivity index (χ3v) is 10.1. The zero-order valence-electron chi connectivity index (χ0n) is 18.5. The van der Waals surface area contributed by atoms with Gasteiger partial charge in [0.1, 0.15) is 12.4 Å². The first-order chi connectivity index (χ1) is 14.2. The van der Waals surface area contributed by atoms with Gasteiger partial charge < -0.3 is 14.8 Å². The van der Waals surface area contributed by atoms with E-state index in [0.29, 0.717) is 6.16 Å². The summed E-state index contributed by atoms with van der Waals surface area (Å²) in [4.78, 5) is 25.8. The summed E-state index contributed by atoms with van der Waals surface area (Å²) in [5.41, 5.74) is 3.73. The lowest BCUT2D eigenvalue weighted by atomic mass is 10.1. The Morgan fingerprint density at radius 1 is 1.07 bits per heavy atom. The van der Waals surface area contributed by atoms with Crippen LogP contribution in [0.1, 0.15) is 29.5 Å². The maximum absolute atomic E-state index is 13.3. The van der Waals surface area contributed by atoms with Gasteiger partial charge in [-0.15, -0.1) is 0 Å². The molecule has 160 valence electrons. The van der Waals surface area contributed by atoms with Gasteiger partial charge in [0.05, 0.1) is 20.4 Å². The van der Waals surface area contributed by atoms with Gasteiger partial charge in [-0.3, -0.25) is 4.79 Å². The van der Waals surface area contributed by atoms with Crippen molar-refractivity contribution in [2.45, 2.75) is 38.5 Å². The van der Waals surface area contributed by atoms with Crippen molar-refractivity contribution in [2.24, 2.45) is 0 Å². The summed E-state index contributed by atoms with van der Waals surface area (Å²) in [5.74, 6) is 0.569. The third-order valence-electron chi connectivity index (χ3n) is 6.05. The van der Waals surface area contributed by atoms with Crippen LogP contribution in [0.25, 0.3) is 0 Å². The highest BCUT2D eigenvalue weighted by Gasteiger charge is 2.67. The van der Waals surface area contributed by atoms with Crippen molar-refractivity contribution in [2.75, 3.05) is 31.9 Å². The molecule has 0 unspecified atom stereocenters. The number of esters is 1. The Balaban J connectivity index is 1.66. The second-order valence-corrected chi connectivity index (χ2v) is 13.2. The monoisotopic (exact) mass is 428 g/mol. The molecule has 5 nitrogen and oxygen atoms in total. The molecule has 0 saturated heterocycles. The quantitative estimate of drug-likeness (QED) is 0.484. The Morgan fingerprint density at radius 2 is 1.67 bits per heavy atom. The minimum atomic E-state index is -1.86. The fourth-order valence-corrected chi connectivity index (χ4v) is 6.92. The highest BCUT2D eigenvalue weighted by molar-refractivity contribution is 7.78. The summed E-state index contributed by atoms with van der Waals surface area (Å²) < 4.78 is 10.8. The molecule has 2 aromatic rings. The molecule has 0 spiro atoms. The van der Waals surface area contributed by atoms with Crippen LogP contribution in [0, 0.1) is 13.8 Å². The Bertz CT molecular complexity index is 912. The van der Waals surface area contributed by atoms with Crippen LogP contribution in [-0.4, -0.2) is 43.6 Å². The summed E-state index contributed by atoms with van der Waals surface area (Å²) in [5, 5.41) is 2.70. The van der Waals surface area contributed by atoms with Gasteiger partial charge in [-0.1, -0.05) is 30.3 Å². The van der Waals surface area contributed by atoms with E-state index in [1.807, 2.05) is 56.3 Å². The molecular weight excluding hydrogens is 397 g/mol. The van der Waals surface area contributed by atoms with E-state index >= 15 is 0 Å². The first-order valence-electron chi connectivity index (χ1n) is 10.2. The van der Waals surface area contributed by atoms with Gasteiger partial charge in [0.2, 0.25) is 0 Å². The fraction of sp³-hybridized carbons (Fsp3) is 0.417. The molecule has 0 atom stereocenters. The molecular formula is C24H31NO4P+. The van der Waals surface area contributed by atoms with E-state index in [4.69, 9.17) is 9.47 Å². The van der Waals surface area contributed by atoms with E-state index in [0.717, 1.165) is 41.0 Å². The number of hydrogen-bond donors (Lipinski definition) is 1. The van der Waals surface area contributed by atoms with Crippen molar-refractivity contribution < 1.29 is 19.1 Å². The normalized spacial score (nSPS) is 14.7. The molecule has 3 rings (SSSR count). The summed E-state index contributed by atoms with van der Waals surface area (Å²) in [7, 11) is -0.227. The van der Waals surface area contributed by atoms with Crippen molar-refractivity contribution in [1.29, 1.82) is 0 Å². The molecule has 0 bridgehead atoms. The van der Waals surface area contributed by atoms with E-state index < -0.39 is 12.4 Å². The zero-order chi connectivity index (χ0) is 21.9. The largest absolute Gasteiger partial charge is 0.497 e. The van der Waals surface area contributed by atoms with E-state index in [1.54, 1.807) is 7.11 Å². The highest BCUT2D eigenvalue weighted by atomic mass is 31.2. The average molecular weight is 428 g/mol. The van der Waals surface area contributed by atoms with Gasteiger partial charge in [-0.25, -0.2) is 4.79 Å². The average Bonchev–Trinajstić information content (AvgIpc) is 3.52. The summed E-state index contributed by atoms with van der Waals surface area (Å²) in [6, 6.07) is 13.5. The molecule has 6 heteroatoms. The molecule has 0 radical (unpaired) electrons. The Morgan fingerprint density at radius 3 is 2.20 bits per heavy atom. The van der Waals surface area contributed by atoms with Crippen molar-refractivity contribution in [3.8, 4) is 5.75 Å². The Hall–Kier alpha value is -2.39. The van der Waals surface area contributed by atoms with Crippen LogP contribution in [0.5, 0.6) is 5.75 Å². The standard InChI is InChI=1S/C24H30NO4P/c1-17-13-20(28-3)14-18(2)22(17)25-23(27)24(11-12-24)30(4,5)16-21(26)29-15-19-9-7-6-8-10-19/h6-10,13-14H,11-12,15-16H2,1-5H3/p+1. The van der Waals surface area contributed by atoms with E-state index in [1.165, 1.54) is 0 Å². The SMILES string of the molecule is COc1cc(C)c(NC(=O)C2([P+](C)(C)CC(=O)OCc3ccccc3)CC2)c(C)c1. The summed E-state index contributed by atoms with van der Waals surface area (Å²) >= 11 is 0. The van der Waals surface area contributed by atoms with Crippen LogP contribution in [0.3, 0.4) is 0 Å². The van der Waals surface area contributed by atoms with E-state index in [2.05, 4.69) is 18.6 Å². The van der Waals surface area contributed by atoms with Crippen LogP contribution in [0.2, 0.25) is 0 Å². The van der Waals surface area contributed by atoms with Gasteiger partial charge in [-0.05, 0) is 42.7 Å². The van der Waals surface area contributed by atoms with Crippen LogP contribution < -0.4 is 10.1 Å². The predicted molar refractivity (Wildman–Crippen MR) is 123 cm³/mol. The first kappa shape index (κ1) is 22.3. The van der Waals surface area contributed by atoms with Crippen LogP contribution in [0.15, 0.2) is 42.5 Å². The van der Waals surface area contributed by atoms with Crippen LogP contribution in [-0.2, 0) is 20.9 Å². The number of amides is 1. The molecule has 0 heterocycles. The van der Waals surface area contributed by atoms with Crippen LogP contribution >= 0.6 is 7.26 Å². The molecule has 1 fully saturated rings. The number of anilines is 1. The Labute approximate surface area is 179 Å². The number of ether oxygens (including phenoxy) is 2. The second kappa shape index (κ2) is 8.77. The summed E-state index contributed by atoms with van der Waals surface area (Å²) in [6.07, 6.45) is 1.95. The highest BCUT2D eigenvalue weighted by Crippen LogP contribution is 2.74. The third kappa shape index (κ3) is 4.67. The number of hydrogen-bond acceptors (Lipinski definition) is 4. The molecule has 1 N–H and O–H groups in total. The van der Waals surface area contributed by atoms with Crippen molar-refractivity contribution >= 4 is 24.8 Å². The maximum Gasteiger partial charge on any atom is 0.344 e. The van der Waals surface area contributed by atoms with Crippen molar-refractivity contribution in [1.82, 2.24) is 0 Å². The van der Waals surface area contributed by atoms with Crippen LogP contribution in [0.4, 0.5) is 5.69 Å². The number of nitrogens with one attached hydrogen (secondary N) is 1. The lowest BCUT2D eigenvalue weighted by Gasteiger charge is -2.27. The minimum Gasteiger partial charge on any atom is -0.497 e. The van der Waals surface area contributed by atoms with Gasteiger partial charge in [-0.2, -0.15) is 0 Å². The van der Waals surface area contributed by atoms with E-state index in [-0.39, 0.29) is 18.5 Å². The number of carbonyl (C=O) groups is 2. The molecule has 0 aliphatic heterocycles. The fourth-order valence-electron chi connectivity index (χ4n) is 3.95. The second-order valence-electron chi connectivity index (χ2n) is 8.61. The lowest BCUT2D eigenvalue weighted by Crippen LogP contribution is -2.35. The number of carbonyl (C=O) groups excluding carboxylic acids is 2. The van der Waals surface area contributed by atoms with E-state index in [9.17, 15) is 9.59 Å². The number of methoxy groups -OCH3 is 1. The first-order valence-corrected chi connectivity index (χ1v) is 13.0. The number of rotatable bonds is 8. The molecule has 1 aliphatic carbocycles. The van der Waals surface area contributed by atoms with Gasteiger partial charge in [0, 0.05) is 25.8 Å². The topological polar surface area (TPSA) is 64.6 Å². The smallest absolute Gasteiger partial charge is 0.344 e. The molecule has 1 saturated carbocycles. The van der Waals surface area contributed by atoms with Gasteiger partial charge in [0.15, 0.2) is 11.3 Å². The van der Waals surface area contributed by atoms with Gasteiger partial charge in [0.25, 0.3) is 5.91 Å². The minimum absolute atomic E-state index is 0.0214.